The van der Waals surface area contributed by atoms with Crippen LogP contribution in [0, 0.1) is 0 Å². The van der Waals surface area contributed by atoms with Crippen molar-refractivity contribution in [3.8, 4) is 0 Å². The van der Waals surface area contributed by atoms with Crippen LogP contribution in [0.15, 0.2) is 0 Å². The van der Waals surface area contributed by atoms with Crippen molar-refractivity contribution in [2.24, 2.45) is 0 Å². The molecule has 0 amide bonds. The first-order valence-corrected chi connectivity index (χ1v) is 5.15. The van der Waals surface area contributed by atoms with Crippen LogP contribution in [0.4, 0.5) is 0 Å². The zero-order chi connectivity index (χ0) is 10.1. The minimum atomic E-state index is 0.467. The number of nitrogens with zero attached hydrogens (tertiary/aromatic N) is 1. The lowest BCUT2D eigenvalue weighted by Crippen LogP contribution is -2.42. The summed E-state index contributed by atoms with van der Waals surface area (Å²) in [5.41, 5.74) is 0. The molecule has 1 atom stereocenters. The maximum absolute atomic E-state index is 5.16. The van der Waals surface area contributed by atoms with Crippen LogP contribution < -0.4 is 5.32 Å². The van der Waals surface area contributed by atoms with Crippen LogP contribution in [-0.4, -0.2) is 51.3 Å². The van der Waals surface area contributed by atoms with Gasteiger partial charge in [0, 0.05) is 19.7 Å². The molecule has 0 saturated carbocycles. The van der Waals surface area contributed by atoms with Gasteiger partial charge < -0.3 is 15.0 Å². The molecule has 0 aromatic carbocycles. The Morgan fingerprint density at radius 2 is 2.08 bits per heavy atom. The predicted molar refractivity (Wildman–Crippen MR) is 57.1 cm³/mol. The maximum atomic E-state index is 5.16. The molecule has 1 unspecified atom stereocenters. The number of hydrogen-bond donors (Lipinski definition) is 1. The predicted octanol–water partition coefficient (Wildman–Crippen LogP) is 0.953. The van der Waals surface area contributed by atoms with E-state index in [0.717, 1.165) is 26.2 Å². The molecule has 0 aliphatic carbocycles. The van der Waals surface area contributed by atoms with Gasteiger partial charge in [-0.3, -0.25) is 0 Å². The Balaban J connectivity index is 3.65. The van der Waals surface area contributed by atoms with Gasteiger partial charge in [0.15, 0.2) is 0 Å². The summed E-state index contributed by atoms with van der Waals surface area (Å²) in [5.74, 6) is 0. The van der Waals surface area contributed by atoms with Crippen molar-refractivity contribution in [2.45, 2.75) is 26.3 Å². The molecule has 0 aliphatic rings. The van der Waals surface area contributed by atoms with Crippen LogP contribution in [0.25, 0.3) is 0 Å². The van der Waals surface area contributed by atoms with Crippen LogP contribution in [0.3, 0.4) is 0 Å². The second kappa shape index (κ2) is 8.48. The van der Waals surface area contributed by atoms with Gasteiger partial charge in [0.25, 0.3) is 0 Å². The molecule has 0 bridgehead atoms. The third-order valence-corrected chi connectivity index (χ3v) is 2.12. The van der Waals surface area contributed by atoms with E-state index in [0.29, 0.717) is 6.04 Å². The molecule has 0 saturated heterocycles. The standard InChI is InChI=1S/C10H24N2O/c1-5-7-11-10(9-13-4)8-12(3)6-2/h10-11H,5-9H2,1-4H3. The second-order valence-electron chi connectivity index (χ2n) is 3.46. The molecule has 0 aromatic rings. The van der Waals surface area contributed by atoms with Crippen molar-refractivity contribution >= 4 is 0 Å². The summed E-state index contributed by atoms with van der Waals surface area (Å²) in [6.45, 7) is 8.37. The van der Waals surface area contributed by atoms with Gasteiger partial charge in [-0.15, -0.1) is 0 Å². The first-order valence-electron chi connectivity index (χ1n) is 5.15. The normalized spacial score (nSPS) is 13.6. The molecule has 1 N–H and O–H groups in total. The minimum absolute atomic E-state index is 0.467. The number of ether oxygens (including phenoxy) is 1. The molecule has 0 rings (SSSR count). The summed E-state index contributed by atoms with van der Waals surface area (Å²) >= 11 is 0. The second-order valence-corrected chi connectivity index (χ2v) is 3.46. The Bertz CT molecular complexity index is 109. The highest BCUT2D eigenvalue weighted by Gasteiger charge is 2.08. The Labute approximate surface area is 82.4 Å². The quantitative estimate of drug-likeness (QED) is 0.614. The average Bonchev–Trinajstić information content (AvgIpc) is 2.14. The van der Waals surface area contributed by atoms with E-state index in [4.69, 9.17) is 4.74 Å². The highest BCUT2D eigenvalue weighted by atomic mass is 16.5. The fourth-order valence-corrected chi connectivity index (χ4v) is 1.23. The van der Waals surface area contributed by atoms with E-state index < -0.39 is 0 Å². The van der Waals surface area contributed by atoms with Crippen molar-refractivity contribution in [1.82, 2.24) is 10.2 Å². The van der Waals surface area contributed by atoms with E-state index >= 15 is 0 Å². The summed E-state index contributed by atoms with van der Waals surface area (Å²) < 4.78 is 5.16. The van der Waals surface area contributed by atoms with Gasteiger partial charge in [0.2, 0.25) is 0 Å². The van der Waals surface area contributed by atoms with Gasteiger partial charge in [-0.25, -0.2) is 0 Å². The minimum Gasteiger partial charge on any atom is -0.383 e. The summed E-state index contributed by atoms with van der Waals surface area (Å²) in [7, 11) is 3.89. The average molecular weight is 188 g/mol. The molecule has 3 heteroatoms. The van der Waals surface area contributed by atoms with E-state index in [1.807, 2.05) is 0 Å². The largest absolute Gasteiger partial charge is 0.383 e. The van der Waals surface area contributed by atoms with Crippen molar-refractivity contribution in [3.63, 3.8) is 0 Å². The monoisotopic (exact) mass is 188 g/mol. The van der Waals surface area contributed by atoms with Gasteiger partial charge in [-0.2, -0.15) is 0 Å². The highest BCUT2D eigenvalue weighted by molar-refractivity contribution is 4.69. The molecule has 0 heterocycles. The Morgan fingerprint density at radius 3 is 2.54 bits per heavy atom. The van der Waals surface area contributed by atoms with Crippen molar-refractivity contribution in [3.05, 3.63) is 0 Å². The molecular weight excluding hydrogens is 164 g/mol. The van der Waals surface area contributed by atoms with E-state index in [9.17, 15) is 0 Å². The third-order valence-electron chi connectivity index (χ3n) is 2.12. The summed E-state index contributed by atoms with van der Waals surface area (Å²) in [6, 6.07) is 0.467. The number of nitrogens with one attached hydrogen (secondary N) is 1. The van der Waals surface area contributed by atoms with Crippen molar-refractivity contribution < 1.29 is 4.74 Å². The molecule has 0 aromatic heterocycles. The summed E-state index contributed by atoms with van der Waals surface area (Å²) in [5, 5.41) is 3.47. The number of methoxy groups -OCH3 is 1. The molecule has 3 nitrogen and oxygen atoms in total. The lowest BCUT2D eigenvalue weighted by molar-refractivity contribution is 0.147. The highest BCUT2D eigenvalue weighted by Crippen LogP contribution is 1.90. The van der Waals surface area contributed by atoms with Crippen molar-refractivity contribution in [1.29, 1.82) is 0 Å². The topological polar surface area (TPSA) is 24.5 Å². The van der Waals surface area contributed by atoms with Crippen LogP contribution >= 0.6 is 0 Å². The van der Waals surface area contributed by atoms with Gasteiger partial charge in [-0.05, 0) is 26.6 Å². The smallest absolute Gasteiger partial charge is 0.0628 e. The molecule has 0 fully saturated rings. The Morgan fingerprint density at radius 1 is 1.38 bits per heavy atom. The molecule has 0 spiro atoms. The van der Waals surface area contributed by atoms with Crippen LogP contribution in [0.5, 0.6) is 0 Å². The van der Waals surface area contributed by atoms with Gasteiger partial charge in [-0.1, -0.05) is 13.8 Å². The number of rotatable bonds is 8. The SMILES string of the molecule is CCCNC(COC)CN(C)CC. The van der Waals surface area contributed by atoms with E-state index in [-0.39, 0.29) is 0 Å². The number of likely N-dealkylation sites (N-methyl/N-ethyl adjacent to an activating group) is 1. The fraction of sp³-hybridized carbons (Fsp3) is 1.00. The fourth-order valence-electron chi connectivity index (χ4n) is 1.23. The first kappa shape index (κ1) is 12.9. The zero-order valence-electron chi connectivity index (χ0n) is 9.47. The van der Waals surface area contributed by atoms with Gasteiger partial charge in [0.1, 0.15) is 0 Å². The molecule has 13 heavy (non-hydrogen) atoms. The molecule has 0 radical (unpaired) electrons. The van der Waals surface area contributed by atoms with Crippen LogP contribution in [0.2, 0.25) is 0 Å². The third kappa shape index (κ3) is 6.99. The number of hydrogen-bond acceptors (Lipinski definition) is 3. The first-order chi connectivity index (χ1) is 6.24. The Kier molecular flexibility index (Phi) is 8.40. The van der Waals surface area contributed by atoms with E-state index in [1.165, 1.54) is 6.42 Å². The molecule has 0 aliphatic heterocycles. The van der Waals surface area contributed by atoms with Gasteiger partial charge >= 0.3 is 0 Å². The zero-order valence-corrected chi connectivity index (χ0v) is 9.47. The van der Waals surface area contributed by atoms with Crippen molar-refractivity contribution in [2.75, 3.05) is 40.4 Å². The van der Waals surface area contributed by atoms with Gasteiger partial charge in [0.05, 0.1) is 6.61 Å². The maximum Gasteiger partial charge on any atom is 0.0628 e. The van der Waals surface area contributed by atoms with E-state index in [1.54, 1.807) is 7.11 Å². The van der Waals surface area contributed by atoms with Crippen LogP contribution in [-0.2, 0) is 4.74 Å². The molecule has 80 valence electrons. The Hall–Kier alpha value is -0.120. The van der Waals surface area contributed by atoms with E-state index in [2.05, 4.69) is 31.1 Å². The summed E-state index contributed by atoms with van der Waals surface area (Å²) in [4.78, 5) is 2.30. The summed E-state index contributed by atoms with van der Waals surface area (Å²) in [6.07, 6.45) is 1.18. The molecular formula is C10H24N2O. The van der Waals surface area contributed by atoms with Crippen LogP contribution in [0.1, 0.15) is 20.3 Å². The lowest BCUT2D eigenvalue weighted by Gasteiger charge is -2.23. The lowest BCUT2D eigenvalue weighted by atomic mass is 10.3.